The number of H-pyrrole nitrogens is 1. The summed E-state index contributed by atoms with van der Waals surface area (Å²) in [6.45, 7) is 0. The minimum absolute atomic E-state index is 0.256. The van der Waals surface area contributed by atoms with Crippen molar-refractivity contribution in [1.29, 1.82) is 0 Å². The molecule has 0 saturated heterocycles. The molecule has 8 nitrogen and oxygen atoms in total. The zero-order chi connectivity index (χ0) is 18.7. The molecule has 0 fully saturated rings. The Labute approximate surface area is 158 Å². The van der Waals surface area contributed by atoms with Crippen molar-refractivity contribution in [1.82, 2.24) is 19.9 Å². The van der Waals surface area contributed by atoms with Crippen molar-refractivity contribution in [3.63, 3.8) is 0 Å². The van der Waals surface area contributed by atoms with Crippen molar-refractivity contribution in [3.8, 4) is 22.9 Å². The van der Waals surface area contributed by atoms with E-state index in [-0.39, 0.29) is 10.0 Å². The van der Waals surface area contributed by atoms with Crippen LogP contribution in [-0.2, 0) is 0 Å². The van der Waals surface area contributed by atoms with Crippen molar-refractivity contribution < 1.29 is 9.47 Å². The van der Waals surface area contributed by atoms with E-state index in [2.05, 4.69) is 25.3 Å². The maximum absolute atomic E-state index is 11.5. The summed E-state index contributed by atoms with van der Waals surface area (Å²) >= 11 is 12.8. The highest BCUT2D eigenvalue weighted by Crippen LogP contribution is 2.45. The fourth-order valence-electron chi connectivity index (χ4n) is 2.25. The van der Waals surface area contributed by atoms with Gasteiger partial charge in [-0.2, -0.15) is 4.98 Å². The van der Waals surface area contributed by atoms with Gasteiger partial charge in [-0.15, -0.1) is 0 Å². The quantitative estimate of drug-likeness (QED) is 0.685. The summed E-state index contributed by atoms with van der Waals surface area (Å²) in [6, 6.07) is 5.01. The highest BCUT2D eigenvalue weighted by molar-refractivity contribution is 6.41. The lowest BCUT2D eigenvalue weighted by molar-refractivity contribution is 0.395. The van der Waals surface area contributed by atoms with Crippen LogP contribution in [0.2, 0.25) is 10.0 Å². The molecule has 2 N–H and O–H groups in total. The molecule has 1 aromatic carbocycles. The van der Waals surface area contributed by atoms with Gasteiger partial charge in [0, 0.05) is 12.3 Å². The Morgan fingerprint density at radius 3 is 2.38 bits per heavy atom. The third-order valence-corrected chi connectivity index (χ3v) is 4.22. The number of anilines is 2. The Hall–Kier alpha value is -2.84. The van der Waals surface area contributed by atoms with Crippen LogP contribution in [0.15, 0.2) is 35.5 Å². The van der Waals surface area contributed by atoms with E-state index >= 15 is 0 Å². The van der Waals surface area contributed by atoms with Crippen LogP contribution in [0.4, 0.5) is 11.5 Å². The molecule has 0 amide bonds. The standard InChI is InChI=1S/C16H13Cl2N5O3/c1-25-9-6-10(26-2)12(18)13(11(9)17)22-14-8(4-3-5-19-14)15-20-7-21-16(24)23-15/h3-7H,1-2H3,(H,19,22)(H,20,21,23,24). The van der Waals surface area contributed by atoms with Crippen LogP contribution in [0.1, 0.15) is 0 Å². The summed E-state index contributed by atoms with van der Waals surface area (Å²) in [4.78, 5) is 25.9. The van der Waals surface area contributed by atoms with Gasteiger partial charge >= 0.3 is 5.69 Å². The Morgan fingerprint density at radius 2 is 1.77 bits per heavy atom. The second-order valence-corrected chi connectivity index (χ2v) is 5.72. The van der Waals surface area contributed by atoms with Crippen molar-refractivity contribution in [2.24, 2.45) is 0 Å². The number of nitrogens with one attached hydrogen (secondary N) is 2. The topological polar surface area (TPSA) is 102 Å². The molecule has 0 spiro atoms. The van der Waals surface area contributed by atoms with E-state index in [9.17, 15) is 4.79 Å². The van der Waals surface area contributed by atoms with Gasteiger partial charge in [0.1, 0.15) is 39.5 Å². The molecule has 134 valence electrons. The van der Waals surface area contributed by atoms with Gasteiger partial charge < -0.3 is 14.8 Å². The van der Waals surface area contributed by atoms with E-state index in [1.165, 1.54) is 20.5 Å². The van der Waals surface area contributed by atoms with E-state index in [0.717, 1.165) is 0 Å². The summed E-state index contributed by atoms with van der Waals surface area (Å²) in [6.07, 6.45) is 2.74. The highest BCUT2D eigenvalue weighted by atomic mass is 35.5. The van der Waals surface area contributed by atoms with Gasteiger partial charge in [-0.05, 0) is 12.1 Å². The minimum atomic E-state index is -0.524. The first kappa shape index (κ1) is 18.0. The van der Waals surface area contributed by atoms with Crippen LogP contribution in [-0.4, -0.2) is 34.2 Å². The fourth-order valence-corrected chi connectivity index (χ4v) is 2.85. The third kappa shape index (κ3) is 3.42. The molecule has 2 aromatic heterocycles. The van der Waals surface area contributed by atoms with Gasteiger partial charge in [-0.3, -0.25) is 4.98 Å². The molecule has 0 saturated carbocycles. The normalized spacial score (nSPS) is 10.5. The molecule has 0 atom stereocenters. The smallest absolute Gasteiger partial charge is 0.348 e. The fraction of sp³-hybridized carbons (Fsp3) is 0.125. The largest absolute Gasteiger partial charge is 0.495 e. The summed E-state index contributed by atoms with van der Waals surface area (Å²) in [5.74, 6) is 1.43. The molecule has 0 radical (unpaired) electrons. The third-order valence-electron chi connectivity index (χ3n) is 3.47. The van der Waals surface area contributed by atoms with E-state index < -0.39 is 5.69 Å². The molecule has 0 bridgehead atoms. The Balaban J connectivity index is 2.13. The number of methoxy groups -OCH3 is 2. The van der Waals surface area contributed by atoms with Crippen LogP contribution < -0.4 is 20.5 Å². The number of nitrogens with zero attached hydrogens (tertiary/aromatic N) is 3. The lowest BCUT2D eigenvalue weighted by Crippen LogP contribution is -2.12. The van der Waals surface area contributed by atoms with Crippen molar-refractivity contribution in [3.05, 3.63) is 51.3 Å². The average Bonchev–Trinajstić information content (AvgIpc) is 2.66. The first-order chi connectivity index (χ1) is 12.5. The van der Waals surface area contributed by atoms with Crippen molar-refractivity contribution in [2.75, 3.05) is 19.5 Å². The summed E-state index contributed by atoms with van der Waals surface area (Å²) in [5, 5.41) is 3.57. The van der Waals surface area contributed by atoms with Crippen LogP contribution in [0.5, 0.6) is 11.5 Å². The summed E-state index contributed by atoms with van der Waals surface area (Å²) in [5.41, 5.74) is 0.353. The molecule has 3 rings (SSSR count). The molecule has 0 unspecified atom stereocenters. The predicted molar refractivity (Wildman–Crippen MR) is 98.7 cm³/mol. The van der Waals surface area contributed by atoms with E-state index in [1.54, 1.807) is 24.4 Å². The van der Waals surface area contributed by atoms with Crippen LogP contribution in [0.25, 0.3) is 11.4 Å². The number of benzene rings is 1. The van der Waals surface area contributed by atoms with Crippen molar-refractivity contribution >= 4 is 34.7 Å². The van der Waals surface area contributed by atoms with Crippen molar-refractivity contribution in [2.45, 2.75) is 0 Å². The number of pyridine rings is 1. The van der Waals surface area contributed by atoms with Crippen LogP contribution >= 0.6 is 23.2 Å². The van der Waals surface area contributed by atoms with Crippen LogP contribution in [0, 0.1) is 0 Å². The zero-order valence-corrected chi connectivity index (χ0v) is 15.2. The number of rotatable bonds is 5. The molecule has 0 aliphatic rings. The lowest BCUT2D eigenvalue weighted by Gasteiger charge is -2.17. The summed E-state index contributed by atoms with van der Waals surface area (Å²) < 4.78 is 10.5. The zero-order valence-electron chi connectivity index (χ0n) is 13.7. The predicted octanol–water partition coefficient (Wildman–Crippen LogP) is 3.29. The minimum Gasteiger partial charge on any atom is -0.495 e. The maximum atomic E-state index is 11.5. The number of aromatic nitrogens is 4. The second-order valence-electron chi connectivity index (χ2n) is 4.96. The molecule has 26 heavy (non-hydrogen) atoms. The van der Waals surface area contributed by atoms with Gasteiger partial charge in [-0.1, -0.05) is 23.2 Å². The Morgan fingerprint density at radius 1 is 1.08 bits per heavy atom. The van der Waals surface area contributed by atoms with Gasteiger partial charge in [-0.25, -0.2) is 14.8 Å². The average molecular weight is 394 g/mol. The van der Waals surface area contributed by atoms with Gasteiger partial charge in [0.2, 0.25) is 0 Å². The number of aromatic amines is 1. The van der Waals surface area contributed by atoms with E-state index in [0.29, 0.717) is 34.4 Å². The Kier molecular flexibility index (Phi) is 5.24. The molecule has 2 heterocycles. The molecule has 3 aromatic rings. The number of ether oxygens (including phenoxy) is 2. The number of hydrogen-bond donors (Lipinski definition) is 2. The molecular formula is C16H13Cl2N5O3. The molecule has 0 aliphatic heterocycles. The highest BCUT2D eigenvalue weighted by Gasteiger charge is 2.19. The monoisotopic (exact) mass is 393 g/mol. The van der Waals surface area contributed by atoms with Gasteiger partial charge in [0.15, 0.2) is 0 Å². The molecular weight excluding hydrogens is 381 g/mol. The summed E-state index contributed by atoms with van der Waals surface area (Å²) in [7, 11) is 2.96. The molecule has 10 heteroatoms. The van der Waals surface area contributed by atoms with E-state index in [4.69, 9.17) is 32.7 Å². The van der Waals surface area contributed by atoms with Gasteiger partial charge in [0.05, 0.1) is 25.5 Å². The van der Waals surface area contributed by atoms with Crippen LogP contribution in [0.3, 0.4) is 0 Å². The number of halogens is 2. The first-order valence-electron chi connectivity index (χ1n) is 7.28. The first-order valence-corrected chi connectivity index (χ1v) is 8.04. The second kappa shape index (κ2) is 7.59. The maximum Gasteiger partial charge on any atom is 0.348 e. The van der Waals surface area contributed by atoms with E-state index in [1.807, 2.05) is 0 Å². The lowest BCUT2D eigenvalue weighted by atomic mass is 10.2. The Bertz CT molecular complexity index is 981. The van der Waals surface area contributed by atoms with Gasteiger partial charge in [0.25, 0.3) is 0 Å². The SMILES string of the molecule is COc1cc(OC)c(Cl)c(Nc2ncccc2-c2ncnc(=O)[nH]2)c1Cl. The molecule has 0 aliphatic carbocycles. The number of hydrogen-bond acceptors (Lipinski definition) is 7.